The molecule has 0 bridgehead atoms. The molecule has 0 aliphatic heterocycles. The summed E-state index contributed by atoms with van der Waals surface area (Å²) in [5.74, 6) is -1.16. The summed E-state index contributed by atoms with van der Waals surface area (Å²) < 4.78 is 0. The van der Waals surface area contributed by atoms with Gasteiger partial charge < -0.3 is 21.7 Å². The van der Waals surface area contributed by atoms with Crippen LogP contribution in [0.2, 0.25) is 0 Å². The summed E-state index contributed by atoms with van der Waals surface area (Å²) in [7, 11) is 0. The molecule has 8 nitrogen and oxygen atoms in total. The molecule has 0 aromatic heterocycles. The Kier molecular flexibility index (Phi) is 11.5. The maximum absolute atomic E-state index is 13.8. The third-order valence-corrected chi connectivity index (χ3v) is 6.45. The molecule has 0 radical (unpaired) electrons. The molecular formula is C33H36ClN5O3. The van der Waals surface area contributed by atoms with Gasteiger partial charge in [0.25, 0.3) is 5.91 Å². The Hall–Kier alpha value is -4.82. The van der Waals surface area contributed by atoms with E-state index < -0.39 is 11.8 Å². The monoisotopic (exact) mass is 585 g/mol. The van der Waals surface area contributed by atoms with Crippen molar-refractivity contribution in [3.63, 3.8) is 0 Å². The number of allylic oxidation sites excluding steroid dienone is 1. The lowest BCUT2D eigenvalue weighted by Crippen LogP contribution is -2.42. The van der Waals surface area contributed by atoms with Gasteiger partial charge in [0.05, 0.1) is 11.4 Å². The fourth-order valence-electron chi connectivity index (χ4n) is 4.22. The van der Waals surface area contributed by atoms with E-state index in [0.717, 1.165) is 16.7 Å². The minimum Gasteiger partial charge on any atom is -0.399 e. The molecule has 3 aromatic carbocycles. The average Bonchev–Trinajstić information content (AvgIpc) is 2.95. The minimum atomic E-state index is -0.510. The van der Waals surface area contributed by atoms with Gasteiger partial charge in [-0.15, -0.1) is 0 Å². The Balaban J connectivity index is 1.83. The molecule has 5 N–H and O–H groups in total. The van der Waals surface area contributed by atoms with Crippen LogP contribution in [0.1, 0.15) is 36.1 Å². The van der Waals surface area contributed by atoms with E-state index in [1.807, 2.05) is 54.6 Å². The molecule has 0 saturated heterocycles. The number of nitrogens with two attached hydrogens (primary N) is 1. The van der Waals surface area contributed by atoms with Crippen molar-refractivity contribution in [3.8, 4) is 0 Å². The van der Waals surface area contributed by atoms with Crippen LogP contribution < -0.4 is 21.7 Å². The molecule has 0 unspecified atom stereocenters. The second-order valence-electron chi connectivity index (χ2n) is 9.68. The van der Waals surface area contributed by atoms with Crippen molar-refractivity contribution in [1.82, 2.24) is 15.5 Å². The van der Waals surface area contributed by atoms with E-state index in [-0.39, 0.29) is 29.7 Å². The molecule has 0 aliphatic rings. The zero-order valence-corrected chi connectivity index (χ0v) is 24.6. The number of halogens is 1. The Labute approximate surface area is 251 Å². The predicted molar refractivity (Wildman–Crippen MR) is 170 cm³/mol. The van der Waals surface area contributed by atoms with Crippen LogP contribution in [-0.4, -0.2) is 35.7 Å². The van der Waals surface area contributed by atoms with E-state index in [2.05, 4.69) is 29.1 Å². The molecular weight excluding hydrogens is 550 g/mol. The van der Waals surface area contributed by atoms with Gasteiger partial charge in [-0.1, -0.05) is 91.5 Å². The van der Waals surface area contributed by atoms with Crippen LogP contribution in [0.5, 0.6) is 0 Å². The third-order valence-electron chi connectivity index (χ3n) is 6.27. The van der Waals surface area contributed by atoms with Gasteiger partial charge in [-0.2, -0.15) is 0 Å². The summed E-state index contributed by atoms with van der Waals surface area (Å²) in [4.78, 5) is 39.9. The van der Waals surface area contributed by atoms with Crippen molar-refractivity contribution in [2.24, 2.45) is 5.73 Å². The van der Waals surface area contributed by atoms with Gasteiger partial charge in [-0.05, 0) is 42.2 Å². The van der Waals surface area contributed by atoms with Crippen LogP contribution in [0, 0.1) is 0 Å². The van der Waals surface area contributed by atoms with Gasteiger partial charge in [0.2, 0.25) is 11.8 Å². The zero-order chi connectivity index (χ0) is 30.6. The average molecular weight is 586 g/mol. The number of hydrogen-bond donors (Lipinski definition) is 4. The standard InChI is InChI=1S/C33H36ClN5O3/c1-22(34)32(29-11-8-12-30(19-29)38-25(4)40)39(33(42)24(3)36-18-17-26-9-6-5-7-10-26)21-31(41)37-20-27-13-15-28(16-14-27)23(2)35/h5-16,19,36H,2-3,17-18,20-21,35H2,1,4H3,(H,37,41)(H,38,40)/b32-22+. The number of nitrogens with one attached hydrogen (secondary N) is 3. The van der Waals surface area contributed by atoms with Crippen molar-refractivity contribution in [3.05, 3.63) is 125 Å². The van der Waals surface area contributed by atoms with Crippen molar-refractivity contribution in [2.45, 2.75) is 26.8 Å². The number of carbonyl (C=O) groups is 3. The zero-order valence-electron chi connectivity index (χ0n) is 23.9. The van der Waals surface area contributed by atoms with E-state index in [1.54, 1.807) is 31.2 Å². The van der Waals surface area contributed by atoms with Gasteiger partial charge in [0, 0.05) is 42.0 Å². The van der Waals surface area contributed by atoms with Crippen LogP contribution in [0.3, 0.4) is 0 Å². The number of amides is 3. The number of benzene rings is 3. The van der Waals surface area contributed by atoms with Gasteiger partial charge in [-0.3, -0.25) is 19.3 Å². The maximum atomic E-state index is 13.8. The molecule has 9 heteroatoms. The highest BCUT2D eigenvalue weighted by atomic mass is 35.5. The highest BCUT2D eigenvalue weighted by Gasteiger charge is 2.26. The van der Waals surface area contributed by atoms with E-state index in [0.29, 0.717) is 35.6 Å². The highest BCUT2D eigenvalue weighted by Crippen LogP contribution is 2.28. The summed E-state index contributed by atoms with van der Waals surface area (Å²) in [6.07, 6.45) is 0.680. The number of nitrogens with zero attached hydrogens (tertiary/aromatic N) is 1. The molecule has 218 valence electrons. The largest absolute Gasteiger partial charge is 0.399 e. The van der Waals surface area contributed by atoms with Crippen molar-refractivity contribution >= 4 is 46.4 Å². The third kappa shape index (κ3) is 9.38. The summed E-state index contributed by atoms with van der Waals surface area (Å²) in [6, 6.07) is 24.1. The summed E-state index contributed by atoms with van der Waals surface area (Å²) in [6.45, 7) is 11.1. The lowest BCUT2D eigenvalue weighted by atomic mass is 10.1. The minimum absolute atomic E-state index is 0.116. The molecule has 0 atom stereocenters. The van der Waals surface area contributed by atoms with Crippen LogP contribution in [0.15, 0.2) is 103 Å². The van der Waals surface area contributed by atoms with E-state index >= 15 is 0 Å². The lowest BCUT2D eigenvalue weighted by Gasteiger charge is -2.27. The second kappa shape index (κ2) is 15.3. The number of hydrogen-bond acceptors (Lipinski definition) is 5. The Bertz CT molecular complexity index is 1480. The van der Waals surface area contributed by atoms with Crippen molar-refractivity contribution < 1.29 is 14.4 Å². The number of carbonyl (C=O) groups excluding carboxylic acids is 3. The quantitative estimate of drug-likeness (QED) is 0.211. The molecule has 3 rings (SSSR count). The maximum Gasteiger partial charge on any atom is 0.274 e. The fourth-order valence-corrected chi connectivity index (χ4v) is 4.43. The van der Waals surface area contributed by atoms with Crippen LogP contribution >= 0.6 is 11.6 Å². The van der Waals surface area contributed by atoms with E-state index in [1.165, 1.54) is 11.8 Å². The van der Waals surface area contributed by atoms with Crippen LogP contribution in [0.4, 0.5) is 5.69 Å². The molecule has 42 heavy (non-hydrogen) atoms. The van der Waals surface area contributed by atoms with Crippen LogP contribution in [0.25, 0.3) is 11.4 Å². The lowest BCUT2D eigenvalue weighted by molar-refractivity contribution is -0.130. The van der Waals surface area contributed by atoms with Crippen molar-refractivity contribution in [1.29, 1.82) is 0 Å². The predicted octanol–water partition coefficient (Wildman–Crippen LogP) is 4.99. The van der Waals surface area contributed by atoms with E-state index in [9.17, 15) is 14.4 Å². The fraction of sp³-hybridized carbons (Fsp3) is 0.182. The Morgan fingerprint density at radius 3 is 2.17 bits per heavy atom. The first kappa shape index (κ1) is 31.7. The smallest absolute Gasteiger partial charge is 0.274 e. The molecule has 0 aliphatic carbocycles. The van der Waals surface area contributed by atoms with Gasteiger partial charge >= 0.3 is 0 Å². The molecule has 3 aromatic rings. The molecule has 0 saturated carbocycles. The SMILES string of the molecule is C=C(NCCc1ccccc1)C(=O)N(CC(=O)NCc1ccc(C(=C)N)cc1)/C(=C(\C)Cl)c1cccc(NC(C)=O)c1. The summed E-state index contributed by atoms with van der Waals surface area (Å²) in [5.41, 5.74) is 10.5. The first-order valence-corrected chi connectivity index (χ1v) is 13.8. The highest BCUT2D eigenvalue weighted by molar-refractivity contribution is 6.32. The van der Waals surface area contributed by atoms with Crippen molar-refractivity contribution in [2.75, 3.05) is 18.4 Å². The normalized spacial score (nSPS) is 11.1. The topological polar surface area (TPSA) is 117 Å². The van der Waals surface area contributed by atoms with Crippen LogP contribution in [-0.2, 0) is 27.3 Å². The molecule has 0 spiro atoms. The van der Waals surface area contributed by atoms with Gasteiger partial charge in [0.1, 0.15) is 6.54 Å². The number of rotatable bonds is 13. The molecule has 0 fully saturated rings. The van der Waals surface area contributed by atoms with E-state index in [4.69, 9.17) is 17.3 Å². The molecule has 3 amide bonds. The molecule has 0 heterocycles. The van der Waals surface area contributed by atoms with Gasteiger partial charge in [0.15, 0.2) is 0 Å². The Morgan fingerprint density at radius 2 is 1.55 bits per heavy atom. The summed E-state index contributed by atoms with van der Waals surface area (Å²) >= 11 is 6.56. The summed E-state index contributed by atoms with van der Waals surface area (Å²) in [5, 5.41) is 8.96. The second-order valence-corrected chi connectivity index (χ2v) is 10.2. The van der Waals surface area contributed by atoms with Gasteiger partial charge in [-0.25, -0.2) is 0 Å². The Morgan fingerprint density at radius 1 is 0.857 bits per heavy atom. The first-order valence-electron chi connectivity index (χ1n) is 13.4. The number of anilines is 1. The first-order chi connectivity index (χ1) is 20.0.